The van der Waals surface area contributed by atoms with Crippen molar-refractivity contribution in [2.45, 2.75) is 19.4 Å². The number of hydrogen-bond donors (Lipinski definition) is 3. The monoisotopic (exact) mass is 232 g/mol. The first-order valence-corrected chi connectivity index (χ1v) is 4.40. The van der Waals surface area contributed by atoms with Gasteiger partial charge in [-0.1, -0.05) is 0 Å². The molecule has 1 aromatic heterocycles. The van der Waals surface area contributed by atoms with Gasteiger partial charge >= 0.3 is 5.97 Å². The predicted molar refractivity (Wildman–Crippen MR) is 51.3 cm³/mol. The van der Waals surface area contributed by atoms with Crippen molar-refractivity contribution in [3.05, 3.63) is 33.2 Å². The molecule has 0 aliphatic rings. The summed E-state index contributed by atoms with van der Waals surface area (Å²) < 4.78 is 25.2. The van der Waals surface area contributed by atoms with Crippen molar-refractivity contribution in [2.24, 2.45) is 5.73 Å². The summed E-state index contributed by atoms with van der Waals surface area (Å²) in [4.78, 5) is 24.0. The summed E-state index contributed by atoms with van der Waals surface area (Å²) >= 11 is 0. The Bertz CT molecular complexity index is 457. The number of hydrogen-bond acceptors (Lipinski definition) is 3. The Kier molecular flexibility index (Phi) is 3.73. The maximum Gasteiger partial charge on any atom is 0.308 e. The second-order valence-corrected chi connectivity index (χ2v) is 3.13. The van der Waals surface area contributed by atoms with Gasteiger partial charge in [-0.15, -0.1) is 0 Å². The normalized spacial score (nSPS) is 10.8. The first-order chi connectivity index (χ1) is 7.45. The van der Waals surface area contributed by atoms with Crippen molar-refractivity contribution in [3.8, 4) is 0 Å². The summed E-state index contributed by atoms with van der Waals surface area (Å²) in [5.41, 5.74) is 3.51. The van der Waals surface area contributed by atoms with E-state index in [2.05, 4.69) is 4.98 Å². The second kappa shape index (κ2) is 4.84. The molecule has 7 heteroatoms. The standard InChI is InChI=1S/C9H10F2N2O3/c10-8(11)5-1-4(3-12)13-9(16)6(5)2-7(14)15/h1,8H,2-3,12H2,(H,13,16)(H,14,15). The lowest BCUT2D eigenvalue weighted by Crippen LogP contribution is -2.22. The van der Waals surface area contributed by atoms with Gasteiger partial charge in [0.15, 0.2) is 0 Å². The molecule has 16 heavy (non-hydrogen) atoms. The van der Waals surface area contributed by atoms with E-state index in [1.807, 2.05) is 0 Å². The molecule has 0 atom stereocenters. The zero-order valence-electron chi connectivity index (χ0n) is 8.17. The molecule has 0 aliphatic carbocycles. The maximum atomic E-state index is 12.6. The van der Waals surface area contributed by atoms with E-state index in [1.165, 1.54) is 0 Å². The van der Waals surface area contributed by atoms with E-state index in [0.717, 1.165) is 6.07 Å². The predicted octanol–water partition coefficient (Wildman–Crippen LogP) is 0.398. The van der Waals surface area contributed by atoms with Crippen LogP contribution in [0.25, 0.3) is 0 Å². The lowest BCUT2D eigenvalue weighted by Gasteiger charge is -2.08. The molecule has 0 spiro atoms. The van der Waals surface area contributed by atoms with E-state index in [-0.39, 0.29) is 12.2 Å². The highest BCUT2D eigenvalue weighted by Gasteiger charge is 2.19. The molecule has 1 rings (SSSR count). The average molecular weight is 232 g/mol. The van der Waals surface area contributed by atoms with Gasteiger partial charge in [0.2, 0.25) is 0 Å². The third-order valence-corrected chi connectivity index (χ3v) is 2.01. The topological polar surface area (TPSA) is 96.2 Å². The molecule has 0 saturated heterocycles. The summed E-state index contributed by atoms with van der Waals surface area (Å²) in [6, 6.07) is 1.02. The number of nitrogens with two attached hydrogens (primary N) is 1. The Labute approximate surface area is 88.9 Å². The van der Waals surface area contributed by atoms with Crippen LogP contribution in [0.1, 0.15) is 23.2 Å². The van der Waals surface area contributed by atoms with Crippen molar-refractivity contribution in [1.29, 1.82) is 0 Å². The van der Waals surface area contributed by atoms with Gasteiger partial charge in [-0.3, -0.25) is 9.59 Å². The van der Waals surface area contributed by atoms with E-state index in [0.29, 0.717) is 0 Å². The van der Waals surface area contributed by atoms with Crippen LogP contribution < -0.4 is 11.3 Å². The minimum absolute atomic E-state index is 0.0949. The number of aliphatic carboxylic acids is 1. The summed E-state index contributed by atoms with van der Waals surface area (Å²) in [6.45, 7) is -0.0949. The molecule has 4 N–H and O–H groups in total. The number of carboxylic acid groups (broad SMARTS) is 1. The minimum Gasteiger partial charge on any atom is -0.481 e. The number of halogens is 2. The molecule has 0 fully saturated rings. The molecule has 0 radical (unpaired) electrons. The quantitative estimate of drug-likeness (QED) is 0.700. The summed E-state index contributed by atoms with van der Waals surface area (Å²) in [7, 11) is 0. The number of aromatic amines is 1. The molecular formula is C9H10F2N2O3. The van der Waals surface area contributed by atoms with Gasteiger partial charge in [-0.2, -0.15) is 0 Å². The van der Waals surface area contributed by atoms with Gasteiger partial charge in [0.25, 0.3) is 12.0 Å². The Morgan fingerprint density at radius 3 is 2.62 bits per heavy atom. The van der Waals surface area contributed by atoms with E-state index in [9.17, 15) is 18.4 Å². The molecule has 0 amide bonds. The third kappa shape index (κ3) is 2.63. The SMILES string of the molecule is NCc1cc(C(F)F)c(CC(=O)O)c(=O)[nH]1. The first-order valence-electron chi connectivity index (χ1n) is 4.40. The van der Waals surface area contributed by atoms with Gasteiger partial charge in [-0.25, -0.2) is 8.78 Å². The van der Waals surface area contributed by atoms with Crippen LogP contribution in [0.2, 0.25) is 0 Å². The summed E-state index contributed by atoms with van der Waals surface area (Å²) in [5.74, 6) is -1.34. The molecule has 1 aromatic rings. The Balaban J connectivity index is 3.34. The second-order valence-electron chi connectivity index (χ2n) is 3.13. The summed E-state index contributed by atoms with van der Waals surface area (Å²) in [5, 5.41) is 8.50. The molecule has 88 valence electrons. The molecule has 0 aromatic carbocycles. The fraction of sp³-hybridized carbons (Fsp3) is 0.333. The molecule has 0 bridgehead atoms. The fourth-order valence-corrected chi connectivity index (χ4v) is 1.30. The number of carboxylic acids is 1. The van der Waals surface area contributed by atoms with Gasteiger partial charge in [0.1, 0.15) is 0 Å². The molecule has 1 heterocycles. The average Bonchev–Trinajstić information content (AvgIpc) is 2.19. The maximum absolute atomic E-state index is 12.6. The highest BCUT2D eigenvalue weighted by atomic mass is 19.3. The van der Waals surface area contributed by atoms with Gasteiger partial charge < -0.3 is 15.8 Å². The van der Waals surface area contributed by atoms with Crippen molar-refractivity contribution in [1.82, 2.24) is 4.98 Å². The van der Waals surface area contributed by atoms with E-state index < -0.39 is 35.5 Å². The van der Waals surface area contributed by atoms with Crippen LogP contribution in [0.3, 0.4) is 0 Å². The Morgan fingerprint density at radius 2 is 2.19 bits per heavy atom. The van der Waals surface area contributed by atoms with Crippen LogP contribution in [0.5, 0.6) is 0 Å². The van der Waals surface area contributed by atoms with Crippen LogP contribution in [-0.4, -0.2) is 16.1 Å². The lowest BCUT2D eigenvalue weighted by atomic mass is 10.1. The fourth-order valence-electron chi connectivity index (χ4n) is 1.30. The zero-order chi connectivity index (χ0) is 12.3. The van der Waals surface area contributed by atoms with Gasteiger partial charge in [0, 0.05) is 23.4 Å². The van der Waals surface area contributed by atoms with Crippen LogP contribution >= 0.6 is 0 Å². The third-order valence-electron chi connectivity index (χ3n) is 2.01. The highest BCUT2D eigenvalue weighted by molar-refractivity contribution is 5.70. The number of alkyl halides is 2. The largest absolute Gasteiger partial charge is 0.481 e. The van der Waals surface area contributed by atoms with Crippen LogP contribution in [0, 0.1) is 0 Å². The minimum atomic E-state index is -2.90. The number of rotatable bonds is 4. The molecule has 0 unspecified atom stereocenters. The van der Waals surface area contributed by atoms with E-state index in [4.69, 9.17) is 10.8 Å². The number of aromatic nitrogens is 1. The smallest absolute Gasteiger partial charge is 0.308 e. The van der Waals surface area contributed by atoms with E-state index in [1.54, 1.807) is 0 Å². The van der Waals surface area contributed by atoms with Gasteiger partial charge in [0.05, 0.1) is 6.42 Å². The van der Waals surface area contributed by atoms with Crippen LogP contribution in [0.15, 0.2) is 10.9 Å². The lowest BCUT2D eigenvalue weighted by molar-refractivity contribution is -0.136. The van der Waals surface area contributed by atoms with Crippen molar-refractivity contribution in [2.75, 3.05) is 0 Å². The zero-order valence-corrected chi connectivity index (χ0v) is 8.17. The van der Waals surface area contributed by atoms with Crippen molar-refractivity contribution in [3.63, 3.8) is 0 Å². The van der Waals surface area contributed by atoms with Crippen molar-refractivity contribution < 1.29 is 18.7 Å². The number of nitrogens with one attached hydrogen (secondary N) is 1. The molecule has 0 aliphatic heterocycles. The summed E-state index contributed by atoms with van der Waals surface area (Å²) in [6.07, 6.45) is -3.64. The highest BCUT2D eigenvalue weighted by Crippen LogP contribution is 2.21. The van der Waals surface area contributed by atoms with Crippen LogP contribution in [0.4, 0.5) is 8.78 Å². The number of H-pyrrole nitrogens is 1. The van der Waals surface area contributed by atoms with E-state index >= 15 is 0 Å². The van der Waals surface area contributed by atoms with Gasteiger partial charge in [-0.05, 0) is 6.07 Å². The Morgan fingerprint density at radius 1 is 1.56 bits per heavy atom. The number of carbonyl (C=O) groups is 1. The first kappa shape index (κ1) is 12.3. The number of pyridine rings is 1. The van der Waals surface area contributed by atoms with Crippen molar-refractivity contribution >= 4 is 5.97 Å². The molecule has 5 nitrogen and oxygen atoms in total. The van der Waals surface area contributed by atoms with Crippen LogP contribution in [-0.2, 0) is 17.8 Å². The Hall–Kier alpha value is -1.76. The molecule has 0 saturated carbocycles. The molecular weight excluding hydrogens is 222 g/mol.